The highest BCUT2D eigenvalue weighted by Gasteiger charge is 2.43. The zero-order valence-electron chi connectivity index (χ0n) is 8.62. The van der Waals surface area contributed by atoms with Crippen LogP contribution in [0.4, 0.5) is 0 Å². The smallest absolute Gasteiger partial charge is 0.225 e. The van der Waals surface area contributed by atoms with Crippen molar-refractivity contribution in [3.05, 3.63) is 0 Å². The van der Waals surface area contributed by atoms with Gasteiger partial charge in [-0.25, -0.2) is 0 Å². The van der Waals surface area contributed by atoms with Crippen molar-refractivity contribution in [1.29, 1.82) is 0 Å². The van der Waals surface area contributed by atoms with Crippen molar-refractivity contribution in [2.24, 2.45) is 17.8 Å². The third-order valence-electron chi connectivity index (χ3n) is 3.91. The van der Waals surface area contributed by atoms with E-state index >= 15 is 0 Å². The molecule has 0 aromatic rings. The molecular weight excluding hydrogens is 162 g/mol. The van der Waals surface area contributed by atoms with Gasteiger partial charge >= 0.3 is 0 Å². The van der Waals surface area contributed by atoms with Crippen molar-refractivity contribution in [3.8, 4) is 0 Å². The first-order valence-electron chi connectivity index (χ1n) is 5.47. The maximum absolute atomic E-state index is 11.9. The maximum Gasteiger partial charge on any atom is 0.225 e. The summed E-state index contributed by atoms with van der Waals surface area (Å²) in [4.78, 5) is 13.8. The standard InChI is InChI=1S/C11H19NO/c1-3-12(2)11(13)10-7-8-4-5-9(10)6-8/h8-10H,3-7H2,1-2H3. The van der Waals surface area contributed by atoms with Gasteiger partial charge in [0, 0.05) is 19.5 Å². The number of hydrogen-bond acceptors (Lipinski definition) is 1. The molecular formula is C11H19NO. The third kappa shape index (κ3) is 1.47. The Morgan fingerprint density at radius 1 is 1.38 bits per heavy atom. The van der Waals surface area contributed by atoms with Crippen molar-refractivity contribution < 1.29 is 4.79 Å². The molecule has 0 spiro atoms. The number of rotatable bonds is 2. The predicted molar refractivity (Wildman–Crippen MR) is 52.2 cm³/mol. The zero-order valence-corrected chi connectivity index (χ0v) is 8.62. The Balaban J connectivity index is 1.98. The quantitative estimate of drug-likeness (QED) is 0.637. The van der Waals surface area contributed by atoms with Crippen LogP contribution in [0, 0.1) is 17.8 Å². The van der Waals surface area contributed by atoms with Gasteiger partial charge in [-0.2, -0.15) is 0 Å². The van der Waals surface area contributed by atoms with Crippen LogP contribution in [-0.4, -0.2) is 24.4 Å². The van der Waals surface area contributed by atoms with Crippen LogP contribution >= 0.6 is 0 Å². The average Bonchev–Trinajstić information content (AvgIpc) is 2.76. The van der Waals surface area contributed by atoms with Gasteiger partial charge in [0.25, 0.3) is 0 Å². The van der Waals surface area contributed by atoms with Crippen molar-refractivity contribution >= 4 is 5.91 Å². The number of nitrogens with zero attached hydrogens (tertiary/aromatic N) is 1. The second kappa shape index (κ2) is 3.32. The Bertz CT molecular complexity index is 214. The molecule has 2 fully saturated rings. The van der Waals surface area contributed by atoms with Crippen molar-refractivity contribution in [1.82, 2.24) is 4.90 Å². The van der Waals surface area contributed by atoms with Crippen LogP contribution in [0.25, 0.3) is 0 Å². The van der Waals surface area contributed by atoms with Crippen LogP contribution in [0.3, 0.4) is 0 Å². The van der Waals surface area contributed by atoms with Crippen LogP contribution in [0.1, 0.15) is 32.6 Å². The number of amides is 1. The lowest BCUT2D eigenvalue weighted by atomic mass is 9.88. The zero-order chi connectivity index (χ0) is 9.42. The van der Waals surface area contributed by atoms with Crippen molar-refractivity contribution in [3.63, 3.8) is 0 Å². The summed E-state index contributed by atoms with van der Waals surface area (Å²) in [7, 11) is 1.92. The second-order valence-corrected chi connectivity index (χ2v) is 4.63. The minimum Gasteiger partial charge on any atom is -0.346 e. The molecule has 0 heterocycles. The van der Waals surface area contributed by atoms with Crippen LogP contribution in [-0.2, 0) is 4.79 Å². The molecule has 2 heteroatoms. The molecule has 2 aliphatic rings. The topological polar surface area (TPSA) is 20.3 Å². The Hall–Kier alpha value is -0.530. The molecule has 0 N–H and O–H groups in total. The summed E-state index contributed by atoms with van der Waals surface area (Å²) < 4.78 is 0. The molecule has 0 aliphatic heterocycles. The van der Waals surface area contributed by atoms with E-state index in [1.807, 2.05) is 18.9 Å². The summed E-state index contributed by atoms with van der Waals surface area (Å²) in [6.07, 6.45) is 5.19. The number of hydrogen-bond donors (Lipinski definition) is 0. The van der Waals surface area contributed by atoms with E-state index in [0.717, 1.165) is 18.4 Å². The van der Waals surface area contributed by atoms with Gasteiger partial charge < -0.3 is 4.90 Å². The van der Waals surface area contributed by atoms with E-state index in [0.29, 0.717) is 11.8 Å². The number of carbonyl (C=O) groups excluding carboxylic acids is 1. The highest BCUT2D eigenvalue weighted by atomic mass is 16.2. The first-order chi connectivity index (χ1) is 6.22. The molecule has 2 rings (SSSR count). The average molecular weight is 181 g/mol. The molecule has 2 saturated carbocycles. The summed E-state index contributed by atoms with van der Waals surface area (Å²) in [6, 6.07) is 0. The molecule has 0 aromatic carbocycles. The van der Waals surface area contributed by atoms with Gasteiger partial charge in [-0.1, -0.05) is 6.42 Å². The van der Waals surface area contributed by atoms with Crippen LogP contribution in [0.5, 0.6) is 0 Å². The third-order valence-corrected chi connectivity index (χ3v) is 3.91. The monoisotopic (exact) mass is 181 g/mol. The lowest BCUT2D eigenvalue weighted by Crippen LogP contribution is -2.35. The fourth-order valence-electron chi connectivity index (χ4n) is 2.99. The number of fused-ring (bicyclic) bond motifs is 2. The largest absolute Gasteiger partial charge is 0.346 e. The van der Waals surface area contributed by atoms with E-state index < -0.39 is 0 Å². The van der Waals surface area contributed by atoms with Gasteiger partial charge in [0.2, 0.25) is 5.91 Å². The van der Waals surface area contributed by atoms with Crippen molar-refractivity contribution in [2.75, 3.05) is 13.6 Å². The highest BCUT2D eigenvalue weighted by Crippen LogP contribution is 2.48. The molecule has 13 heavy (non-hydrogen) atoms. The van der Waals surface area contributed by atoms with Gasteiger partial charge in [0.15, 0.2) is 0 Å². The molecule has 2 nitrogen and oxygen atoms in total. The lowest BCUT2D eigenvalue weighted by Gasteiger charge is -2.25. The van der Waals surface area contributed by atoms with Gasteiger partial charge in [-0.05, 0) is 38.0 Å². The van der Waals surface area contributed by atoms with Gasteiger partial charge in [0.05, 0.1) is 0 Å². The summed E-state index contributed by atoms with van der Waals surface area (Å²) in [6.45, 7) is 2.90. The van der Waals surface area contributed by atoms with E-state index in [9.17, 15) is 4.79 Å². The number of carbonyl (C=O) groups is 1. The first-order valence-corrected chi connectivity index (χ1v) is 5.47. The molecule has 74 valence electrons. The van der Waals surface area contributed by atoms with Gasteiger partial charge in [-0.3, -0.25) is 4.79 Å². The van der Waals surface area contributed by atoms with Gasteiger partial charge in [-0.15, -0.1) is 0 Å². The molecule has 3 atom stereocenters. The van der Waals surface area contributed by atoms with E-state index in [1.165, 1.54) is 25.7 Å². The molecule has 0 saturated heterocycles. The minimum atomic E-state index is 0.378. The second-order valence-electron chi connectivity index (χ2n) is 4.63. The van der Waals surface area contributed by atoms with E-state index in [2.05, 4.69) is 0 Å². The molecule has 1 amide bonds. The molecule has 2 bridgehead atoms. The van der Waals surface area contributed by atoms with Crippen molar-refractivity contribution in [2.45, 2.75) is 32.6 Å². The van der Waals surface area contributed by atoms with Crippen LogP contribution in [0.15, 0.2) is 0 Å². The summed E-state index contributed by atoms with van der Waals surface area (Å²) >= 11 is 0. The lowest BCUT2D eigenvalue weighted by molar-refractivity contribution is -0.135. The SMILES string of the molecule is CCN(C)C(=O)C1CC2CCC1C2. The first kappa shape index (κ1) is 9.04. The maximum atomic E-state index is 11.9. The Kier molecular flexibility index (Phi) is 2.31. The molecule has 0 radical (unpaired) electrons. The molecule has 0 aromatic heterocycles. The van der Waals surface area contributed by atoms with Gasteiger partial charge in [0.1, 0.15) is 0 Å². The summed E-state index contributed by atoms with van der Waals surface area (Å²) in [5, 5.41) is 0. The van der Waals surface area contributed by atoms with E-state index in [-0.39, 0.29) is 0 Å². The predicted octanol–water partition coefficient (Wildman–Crippen LogP) is 1.90. The highest BCUT2D eigenvalue weighted by molar-refractivity contribution is 5.79. The van der Waals surface area contributed by atoms with Crippen LogP contribution < -0.4 is 0 Å². The Labute approximate surface area is 80.3 Å². The fraction of sp³-hybridized carbons (Fsp3) is 0.909. The van der Waals surface area contributed by atoms with Crippen LogP contribution in [0.2, 0.25) is 0 Å². The Morgan fingerprint density at radius 2 is 2.15 bits per heavy atom. The summed E-state index contributed by atoms with van der Waals surface area (Å²) in [5.74, 6) is 2.38. The molecule has 3 unspecified atom stereocenters. The Morgan fingerprint density at radius 3 is 2.62 bits per heavy atom. The van der Waals surface area contributed by atoms with E-state index in [1.54, 1.807) is 0 Å². The minimum absolute atomic E-state index is 0.378. The molecule has 2 aliphatic carbocycles. The summed E-state index contributed by atoms with van der Waals surface area (Å²) in [5.41, 5.74) is 0. The van der Waals surface area contributed by atoms with E-state index in [4.69, 9.17) is 0 Å². The normalized spacial score (nSPS) is 36.6. The fourth-order valence-corrected chi connectivity index (χ4v) is 2.99.